The lowest BCUT2D eigenvalue weighted by Crippen LogP contribution is -1.90. The third-order valence-electron chi connectivity index (χ3n) is 4.68. The number of rotatable bonds is 2. The lowest BCUT2D eigenvalue weighted by molar-refractivity contribution is 1.26. The Hall–Kier alpha value is -3.13. The van der Waals surface area contributed by atoms with Crippen molar-refractivity contribution in [2.24, 2.45) is 0 Å². The molecule has 0 unspecified atom stereocenters. The van der Waals surface area contributed by atoms with Crippen molar-refractivity contribution in [2.45, 2.75) is 27.7 Å². The van der Waals surface area contributed by atoms with E-state index in [0.717, 1.165) is 11.3 Å². The molecule has 0 radical (unpaired) electrons. The summed E-state index contributed by atoms with van der Waals surface area (Å²) >= 11 is 0. The van der Waals surface area contributed by atoms with Gasteiger partial charge in [-0.25, -0.2) is 0 Å². The number of H-pyrrole nitrogens is 1. The topological polar surface area (TPSA) is 28.7 Å². The van der Waals surface area contributed by atoms with E-state index in [1.165, 1.54) is 38.7 Å². The molecule has 0 aliphatic carbocycles. The number of fused-ring (bicyclic) bond motifs is 1. The maximum absolute atomic E-state index is 4.44. The number of hydrogen-bond donors (Lipinski definition) is 1. The minimum atomic E-state index is 1.06. The SMILES string of the molecule is C=C(C)c1ccc(-c2ncccc2C)cc1C.Cc1ccc2[nH]ccc2c1. The van der Waals surface area contributed by atoms with E-state index in [-0.39, 0.29) is 0 Å². The highest BCUT2D eigenvalue weighted by molar-refractivity contribution is 5.79. The maximum Gasteiger partial charge on any atom is 0.0731 e. The van der Waals surface area contributed by atoms with E-state index in [4.69, 9.17) is 0 Å². The summed E-state index contributed by atoms with van der Waals surface area (Å²) in [7, 11) is 0. The Kier molecular flexibility index (Phi) is 5.56. The fourth-order valence-corrected chi connectivity index (χ4v) is 3.25. The van der Waals surface area contributed by atoms with Gasteiger partial charge in [0.2, 0.25) is 0 Å². The van der Waals surface area contributed by atoms with E-state index < -0.39 is 0 Å². The van der Waals surface area contributed by atoms with E-state index in [1.807, 2.05) is 25.4 Å². The highest BCUT2D eigenvalue weighted by Gasteiger charge is 2.05. The molecule has 0 bridgehead atoms. The van der Waals surface area contributed by atoms with Crippen LogP contribution in [0.3, 0.4) is 0 Å². The van der Waals surface area contributed by atoms with Crippen LogP contribution in [-0.4, -0.2) is 9.97 Å². The van der Waals surface area contributed by atoms with Gasteiger partial charge in [0.1, 0.15) is 0 Å². The van der Waals surface area contributed by atoms with Gasteiger partial charge >= 0.3 is 0 Å². The highest BCUT2D eigenvalue weighted by Crippen LogP contribution is 2.25. The van der Waals surface area contributed by atoms with Crippen molar-refractivity contribution in [1.29, 1.82) is 0 Å². The molecule has 2 heteroatoms. The van der Waals surface area contributed by atoms with Crippen LogP contribution in [0.15, 0.2) is 73.6 Å². The molecule has 0 spiro atoms. The van der Waals surface area contributed by atoms with E-state index in [9.17, 15) is 0 Å². The highest BCUT2D eigenvalue weighted by atomic mass is 14.7. The Bertz CT molecular complexity index is 1090. The lowest BCUT2D eigenvalue weighted by atomic mass is 9.98. The second-order valence-electron chi connectivity index (χ2n) is 7.05. The first-order chi connectivity index (χ1) is 13.0. The van der Waals surface area contributed by atoms with Gasteiger partial charge in [0, 0.05) is 23.5 Å². The first kappa shape index (κ1) is 18.7. The Labute approximate surface area is 161 Å². The molecule has 0 aliphatic heterocycles. The molecule has 0 saturated carbocycles. The largest absolute Gasteiger partial charge is 0.361 e. The van der Waals surface area contributed by atoms with Crippen LogP contribution in [0.25, 0.3) is 27.7 Å². The zero-order valence-electron chi connectivity index (χ0n) is 16.5. The molecule has 0 amide bonds. The van der Waals surface area contributed by atoms with E-state index in [1.54, 1.807) is 0 Å². The number of aryl methyl sites for hydroxylation is 3. The summed E-state index contributed by atoms with van der Waals surface area (Å²) in [4.78, 5) is 7.59. The standard InChI is InChI=1S/C16H17N.C9H9N/c1-11(2)15-8-7-14(10-13(15)4)16-12(3)6-5-9-17-16;1-7-2-3-9-8(6-7)4-5-10-9/h5-10H,1H2,2-4H3;2-6,10H,1H3. The van der Waals surface area contributed by atoms with Gasteiger partial charge < -0.3 is 4.98 Å². The molecule has 2 aromatic carbocycles. The Morgan fingerprint density at radius 1 is 0.926 bits per heavy atom. The lowest BCUT2D eigenvalue weighted by Gasteiger charge is -2.09. The maximum atomic E-state index is 4.44. The normalized spacial score (nSPS) is 10.4. The quantitative estimate of drug-likeness (QED) is 0.418. The average molecular weight is 354 g/mol. The van der Waals surface area contributed by atoms with Crippen LogP contribution in [0.2, 0.25) is 0 Å². The van der Waals surface area contributed by atoms with Gasteiger partial charge in [0.25, 0.3) is 0 Å². The molecular formula is C25H26N2. The van der Waals surface area contributed by atoms with Crippen LogP contribution in [0, 0.1) is 20.8 Å². The second-order valence-corrected chi connectivity index (χ2v) is 7.05. The number of aromatic amines is 1. The van der Waals surface area contributed by atoms with Gasteiger partial charge in [-0.1, -0.05) is 42.0 Å². The minimum absolute atomic E-state index is 1.06. The zero-order chi connectivity index (χ0) is 19.4. The smallest absolute Gasteiger partial charge is 0.0731 e. The molecule has 136 valence electrons. The predicted molar refractivity (Wildman–Crippen MR) is 117 cm³/mol. The monoisotopic (exact) mass is 354 g/mol. The molecule has 2 nitrogen and oxygen atoms in total. The van der Waals surface area contributed by atoms with Gasteiger partial charge in [-0.3, -0.25) is 4.98 Å². The molecule has 4 rings (SSSR count). The molecule has 2 heterocycles. The molecule has 0 saturated heterocycles. The number of pyridine rings is 1. The summed E-state index contributed by atoms with van der Waals surface area (Å²) < 4.78 is 0. The van der Waals surface area contributed by atoms with Crippen LogP contribution in [-0.2, 0) is 0 Å². The predicted octanol–water partition coefficient (Wildman–Crippen LogP) is 6.87. The van der Waals surface area contributed by atoms with E-state index >= 15 is 0 Å². The summed E-state index contributed by atoms with van der Waals surface area (Å²) in [6.45, 7) is 12.3. The van der Waals surface area contributed by atoms with Crippen LogP contribution >= 0.6 is 0 Å². The Morgan fingerprint density at radius 2 is 1.74 bits per heavy atom. The molecule has 27 heavy (non-hydrogen) atoms. The van der Waals surface area contributed by atoms with E-state index in [2.05, 4.69) is 85.8 Å². The molecule has 0 atom stereocenters. The molecule has 1 N–H and O–H groups in total. The van der Waals surface area contributed by atoms with Crippen molar-refractivity contribution in [3.63, 3.8) is 0 Å². The zero-order valence-corrected chi connectivity index (χ0v) is 16.5. The summed E-state index contributed by atoms with van der Waals surface area (Å²) in [6, 6.07) is 18.9. The molecular weight excluding hydrogens is 328 g/mol. The van der Waals surface area contributed by atoms with Gasteiger partial charge in [-0.15, -0.1) is 0 Å². The third-order valence-corrected chi connectivity index (χ3v) is 4.68. The van der Waals surface area contributed by atoms with Crippen molar-refractivity contribution >= 4 is 16.5 Å². The number of aromatic nitrogens is 2. The summed E-state index contributed by atoms with van der Waals surface area (Å²) in [6.07, 6.45) is 3.80. The number of hydrogen-bond acceptors (Lipinski definition) is 1. The molecule has 0 fully saturated rings. The summed E-state index contributed by atoms with van der Waals surface area (Å²) in [5.74, 6) is 0. The fourth-order valence-electron chi connectivity index (χ4n) is 3.25. The number of allylic oxidation sites excluding steroid dienone is 1. The van der Waals surface area contributed by atoms with Gasteiger partial charge in [0.15, 0.2) is 0 Å². The number of nitrogens with one attached hydrogen (secondary N) is 1. The molecule has 2 aromatic heterocycles. The second kappa shape index (κ2) is 8.05. The third kappa shape index (κ3) is 4.35. The van der Waals surface area contributed by atoms with Crippen molar-refractivity contribution in [3.8, 4) is 11.3 Å². The number of benzene rings is 2. The van der Waals surface area contributed by atoms with Gasteiger partial charge in [-0.05, 0) is 80.1 Å². The van der Waals surface area contributed by atoms with Crippen molar-refractivity contribution in [2.75, 3.05) is 0 Å². The summed E-state index contributed by atoms with van der Waals surface area (Å²) in [5, 5.41) is 1.29. The molecule has 0 aliphatic rings. The van der Waals surface area contributed by atoms with Gasteiger partial charge in [0.05, 0.1) is 5.69 Å². The minimum Gasteiger partial charge on any atom is -0.361 e. The van der Waals surface area contributed by atoms with Crippen LogP contribution in [0.4, 0.5) is 0 Å². The van der Waals surface area contributed by atoms with Crippen LogP contribution < -0.4 is 0 Å². The van der Waals surface area contributed by atoms with Crippen molar-refractivity contribution in [3.05, 3.63) is 95.8 Å². The first-order valence-electron chi connectivity index (χ1n) is 9.18. The fraction of sp³-hybridized carbons (Fsp3) is 0.160. The van der Waals surface area contributed by atoms with E-state index in [0.29, 0.717) is 0 Å². The van der Waals surface area contributed by atoms with Crippen molar-refractivity contribution < 1.29 is 0 Å². The van der Waals surface area contributed by atoms with Crippen molar-refractivity contribution in [1.82, 2.24) is 9.97 Å². The summed E-state index contributed by atoms with van der Waals surface area (Å²) in [5.41, 5.74) is 9.54. The number of nitrogens with zero attached hydrogens (tertiary/aromatic N) is 1. The molecule has 4 aromatic rings. The van der Waals surface area contributed by atoms with Crippen LogP contribution in [0.1, 0.15) is 29.2 Å². The first-order valence-corrected chi connectivity index (χ1v) is 9.18. The van der Waals surface area contributed by atoms with Gasteiger partial charge in [-0.2, -0.15) is 0 Å². The Morgan fingerprint density at radius 3 is 2.44 bits per heavy atom. The van der Waals surface area contributed by atoms with Crippen LogP contribution in [0.5, 0.6) is 0 Å². The Balaban J connectivity index is 0.000000177. The average Bonchev–Trinajstić information content (AvgIpc) is 3.10.